The summed E-state index contributed by atoms with van der Waals surface area (Å²) in [7, 11) is 3.39. The molecule has 2 fully saturated rings. The van der Waals surface area contributed by atoms with E-state index < -0.39 is 0 Å². The Bertz CT molecular complexity index is 810. The number of hydrogen-bond acceptors (Lipinski definition) is 5. The summed E-state index contributed by atoms with van der Waals surface area (Å²) in [6, 6.07) is 14.9. The molecule has 0 aromatic heterocycles. The van der Waals surface area contributed by atoms with E-state index in [4.69, 9.17) is 14.2 Å². The van der Waals surface area contributed by atoms with Crippen molar-refractivity contribution < 1.29 is 14.2 Å². The fraction of sp³-hybridized carbons (Fsp3) is 0.520. The largest absolute Gasteiger partial charge is 0.493 e. The molecule has 1 aliphatic carbocycles. The molecule has 5 nitrogen and oxygen atoms in total. The van der Waals surface area contributed by atoms with Gasteiger partial charge in [-0.25, -0.2) is 0 Å². The van der Waals surface area contributed by atoms with Crippen molar-refractivity contribution in [3.05, 3.63) is 53.6 Å². The van der Waals surface area contributed by atoms with Gasteiger partial charge in [-0.1, -0.05) is 43.2 Å². The van der Waals surface area contributed by atoms with Gasteiger partial charge in [-0.3, -0.25) is 4.90 Å². The van der Waals surface area contributed by atoms with Crippen LogP contribution in [0, 0.1) is 5.92 Å². The Hall–Kier alpha value is -1.66. The summed E-state index contributed by atoms with van der Waals surface area (Å²) in [6.45, 7) is 4.75. The summed E-state index contributed by atoms with van der Waals surface area (Å²) >= 11 is 0. The van der Waals surface area contributed by atoms with Gasteiger partial charge in [-0.05, 0) is 30.4 Å². The average molecular weight is 483 g/mol. The van der Waals surface area contributed by atoms with Crippen molar-refractivity contribution in [2.75, 3.05) is 40.4 Å². The summed E-state index contributed by atoms with van der Waals surface area (Å²) in [6.07, 6.45) is 5.20. The van der Waals surface area contributed by atoms with E-state index in [0.29, 0.717) is 18.6 Å². The average Bonchev–Trinajstić information content (AvgIpc) is 3.33. The minimum absolute atomic E-state index is 0. The fourth-order valence-corrected chi connectivity index (χ4v) is 4.95. The van der Waals surface area contributed by atoms with Crippen LogP contribution in [0.25, 0.3) is 0 Å². The number of benzene rings is 2. The number of nitrogens with zero attached hydrogens (tertiary/aromatic N) is 1. The first-order valence-corrected chi connectivity index (χ1v) is 11.2. The van der Waals surface area contributed by atoms with Crippen molar-refractivity contribution in [1.29, 1.82) is 0 Å². The minimum Gasteiger partial charge on any atom is -0.493 e. The molecule has 178 valence electrons. The molecule has 1 saturated carbocycles. The third-order valence-electron chi connectivity index (χ3n) is 6.46. The highest BCUT2D eigenvalue weighted by Crippen LogP contribution is 2.46. The SMILES string of the molecule is COc1cc(OCc2ccccc2)c([C@H](C2CCCC2)N2CCNCC2)cc1OC.Cl.Cl. The molecular weight excluding hydrogens is 447 g/mol. The van der Waals surface area contributed by atoms with E-state index in [9.17, 15) is 0 Å². The highest BCUT2D eigenvalue weighted by atomic mass is 35.5. The highest BCUT2D eigenvalue weighted by Gasteiger charge is 2.34. The maximum absolute atomic E-state index is 6.42. The van der Waals surface area contributed by atoms with Crippen molar-refractivity contribution in [1.82, 2.24) is 10.2 Å². The third-order valence-corrected chi connectivity index (χ3v) is 6.46. The van der Waals surface area contributed by atoms with Crippen LogP contribution in [-0.2, 0) is 6.61 Å². The summed E-state index contributed by atoms with van der Waals surface area (Å²) in [5.74, 6) is 3.06. The number of halogens is 2. The van der Waals surface area contributed by atoms with E-state index in [-0.39, 0.29) is 24.8 Å². The van der Waals surface area contributed by atoms with Gasteiger partial charge in [0.1, 0.15) is 12.4 Å². The Morgan fingerprint density at radius 2 is 1.53 bits per heavy atom. The summed E-state index contributed by atoms with van der Waals surface area (Å²) in [4.78, 5) is 2.64. The first-order chi connectivity index (χ1) is 14.8. The van der Waals surface area contributed by atoms with Crippen LogP contribution in [0.2, 0.25) is 0 Å². The van der Waals surface area contributed by atoms with E-state index in [1.165, 1.54) is 31.2 Å². The second-order valence-electron chi connectivity index (χ2n) is 8.29. The Morgan fingerprint density at radius 3 is 2.16 bits per heavy atom. The van der Waals surface area contributed by atoms with Crippen molar-refractivity contribution in [2.24, 2.45) is 5.92 Å². The van der Waals surface area contributed by atoms with Crippen LogP contribution < -0.4 is 19.5 Å². The van der Waals surface area contributed by atoms with Gasteiger partial charge in [0.15, 0.2) is 11.5 Å². The monoisotopic (exact) mass is 482 g/mol. The zero-order chi connectivity index (χ0) is 20.8. The number of hydrogen-bond donors (Lipinski definition) is 1. The van der Waals surface area contributed by atoms with Crippen molar-refractivity contribution in [3.63, 3.8) is 0 Å². The molecule has 2 aromatic rings. The van der Waals surface area contributed by atoms with Crippen LogP contribution in [-0.4, -0.2) is 45.3 Å². The van der Waals surface area contributed by atoms with Crippen molar-refractivity contribution in [2.45, 2.75) is 38.3 Å². The Morgan fingerprint density at radius 1 is 0.906 bits per heavy atom. The zero-order valence-corrected chi connectivity index (χ0v) is 20.7. The molecule has 0 unspecified atom stereocenters. The molecule has 0 amide bonds. The Kier molecular flexibility index (Phi) is 10.9. The molecule has 1 saturated heterocycles. The van der Waals surface area contributed by atoms with Gasteiger partial charge >= 0.3 is 0 Å². The lowest BCUT2D eigenvalue weighted by molar-refractivity contribution is 0.121. The molecule has 1 heterocycles. The van der Waals surface area contributed by atoms with Crippen LogP contribution >= 0.6 is 24.8 Å². The van der Waals surface area contributed by atoms with Crippen LogP contribution in [0.1, 0.15) is 42.9 Å². The van der Waals surface area contributed by atoms with E-state index in [1.54, 1.807) is 14.2 Å². The Labute approximate surface area is 204 Å². The van der Waals surface area contributed by atoms with Crippen molar-refractivity contribution in [3.8, 4) is 17.2 Å². The predicted molar refractivity (Wildman–Crippen MR) is 134 cm³/mol. The molecule has 2 aliphatic rings. The highest BCUT2D eigenvalue weighted by molar-refractivity contribution is 5.85. The third kappa shape index (κ3) is 6.22. The predicted octanol–water partition coefficient (Wildman–Crippen LogP) is 5.26. The number of nitrogens with one attached hydrogen (secondary N) is 1. The number of rotatable bonds is 8. The molecule has 0 spiro atoms. The topological polar surface area (TPSA) is 43.0 Å². The lowest BCUT2D eigenvalue weighted by atomic mass is 9.88. The van der Waals surface area contributed by atoms with Gasteiger partial charge in [0.25, 0.3) is 0 Å². The lowest BCUT2D eigenvalue weighted by Crippen LogP contribution is -2.46. The maximum atomic E-state index is 6.42. The van der Waals surface area contributed by atoms with E-state index in [2.05, 4.69) is 40.5 Å². The Balaban J connectivity index is 0.00000181. The molecule has 1 atom stereocenters. The number of ether oxygens (including phenoxy) is 3. The lowest BCUT2D eigenvalue weighted by Gasteiger charge is -2.39. The van der Waals surface area contributed by atoms with Gasteiger partial charge < -0.3 is 19.5 Å². The second kappa shape index (κ2) is 13.1. The van der Waals surface area contributed by atoms with Crippen LogP contribution in [0.15, 0.2) is 42.5 Å². The van der Waals surface area contributed by atoms with E-state index in [0.717, 1.165) is 49.0 Å². The second-order valence-corrected chi connectivity index (χ2v) is 8.29. The van der Waals surface area contributed by atoms with Crippen molar-refractivity contribution >= 4 is 24.8 Å². The molecule has 2 aromatic carbocycles. The van der Waals surface area contributed by atoms with Gasteiger partial charge in [-0.2, -0.15) is 0 Å². The quantitative estimate of drug-likeness (QED) is 0.555. The van der Waals surface area contributed by atoms with Crippen LogP contribution in [0.5, 0.6) is 17.2 Å². The normalized spacial score (nSPS) is 17.7. The van der Waals surface area contributed by atoms with E-state index in [1.807, 2.05) is 12.1 Å². The smallest absolute Gasteiger partial charge is 0.164 e. The van der Waals surface area contributed by atoms with Gasteiger partial charge in [-0.15, -0.1) is 24.8 Å². The number of methoxy groups -OCH3 is 2. The van der Waals surface area contributed by atoms with Crippen LogP contribution in [0.4, 0.5) is 0 Å². The fourth-order valence-electron chi connectivity index (χ4n) is 4.95. The molecular formula is C25H36Cl2N2O3. The van der Waals surface area contributed by atoms with Gasteiger partial charge in [0.2, 0.25) is 0 Å². The first-order valence-electron chi connectivity index (χ1n) is 11.2. The summed E-state index contributed by atoms with van der Waals surface area (Å²) in [5, 5.41) is 3.50. The molecule has 1 aliphatic heterocycles. The van der Waals surface area contributed by atoms with Crippen LogP contribution in [0.3, 0.4) is 0 Å². The van der Waals surface area contributed by atoms with E-state index >= 15 is 0 Å². The summed E-state index contributed by atoms with van der Waals surface area (Å²) in [5.41, 5.74) is 2.40. The molecule has 4 rings (SSSR count). The van der Waals surface area contributed by atoms with Gasteiger partial charge in [0, 0.05) is 43.9 Å². The zero-order valence-electron chi connectivity index (χ0n) is 19.0. The molecule has 1 N–H and O–H groups in total. The van der Waals surface area contributed by atoms with Gasteiger partial charge in [0.05, 0.1) is 14.2 Å². The first kappa shape index (κ1) is 26.6. The molecule has 7 heteroatoms. The molecule has 0 bridgehead atoms. The standard InChI is InChI=1S/C25H34N2O3.2ClH/c1-28-23-16-21(25(20-10-6-7-11-20)27-14-12-26-13-15-27)22(17-24(23)29-2)30-18-19-8-4-3-5-9-19;;/h3-5,8-9,16-17,20,25-26H,6-7,10-15,18H2,1-2H3;2*1H/t25-;;/m0../s1. The molecule has 0 radical (unpaired) electrons. The maximum Gasteiger partial charge on any atom is 0.164 e. The molecule has 32 heavy (non-hydrogen) atoms. The summed E-state index contributed by atoms with van der Waals surface area (Å²) < 4.78 is 17.7. The number of piperazine rings is 1. The minimum atomic E-state index is 0.